The van der Waals surface area contributed by atoms with Crippen LogP contribution in [-0.2, 0) is 14.6 Å². The van der Waals surface area contributed by atoms with Gasteiger partial charge in [-0.1, -0.05) is 18.2 Å². The van der Waals surface area contributed by atoms with Gasteiger partial charge in [0.05, 0.1) is 12.0 Å². The molecule has 3 atom stereocenters. The van der Waals surface area contributed by atoms with Crippen molar-refractivity contribution in [2.75, 3.05) is 7.11 Å². The number of piperidine rings is 1. The summed E-state index contributed by atoms with van der Waals surface area (Å²) < 4.78 is 37.7. The topological polar surface area (TPSA) is 81.7 Å². The standard InChI is InChI=1S/C19H19NO5S/c1-19-11-15(14-10-12(24-2)8-9-16(14)25-19)17(18(21)20-19)26(22,23)13-6-4-3-5-7-13/h3-10,15,17H,11H2,1-2H3,(H,20,21)/t15-,17-,19-/m0/s1. The fourth-order valence-corrected chi connectivity index (χ4v) is 5.67. The minimum Gasteiger partial charge on any atom is -0.497 e. The Morgan fingerprint density at radius 2 is 1.92 bits per heavy atom. The molecular formula is C19H19NO5S. The highest BCUT2D eigenvalue weighted by Crippen LogP contribution is 2.48. The van der Waals surface area contributed by atoms with Gasteiger partial charge < -0.3 is 14.8 Å². The number of ether oxygens (including phenoxy) is 2. The average Bonchev–Trinajstić information content (AvgIpc) is 2.61. The fourth-order valence-electron chi connectivity index (χ4n) is 3.83. The molecule has 2 aromatic rings. The fraction of sp³-hybridized carbons (Fsp3) is 0.316. The molecule has 26 heavy (non-hydrogen) atoms. The lowest BCUT2D eigenvalue weighted by atomic mass is 9.81. The molecule has 7 heteroatoms. The van der Waals surface area contributed by atoms with Crippen molar-refractivity contribution < 1.29 is 22.7 Å². The molecule has 0 radical (unpaired) electrons. The first-order valence-corrected chi connectivity index (χ1v) is 9.87. The smallest absolute Gasteiger partial charge is 0.242 e. The van der Waals surface area contributed by atoms with E-state index in [9.17, 15) is 13.2 Å². The molecule has 0 aliphatic carbocycles. The third-order valence-corrected chi connectivity index (χ3v) is 7.12. The van der Waals surface area contributed by atoms with Gasteiger partial charge in [-0.25, -0.2) is 8.42 Å². The van der Waals surface area contributed by atoms with Crippen molar-refractivity contribution in [3.05, 3.63) is 54.1 Å². The predicted octanol–water partition coefficient (Wildman–Crippen LogP) is 2.25. The molecule has 1 N–H and O–H groups in total. The van der Waals surface area contributed by atoms with Gasteiger partial charge in [0.25, 0.3) is 0 Å². The van der Waals surface area contributed by atoms with Crippen LogP contribution in [0.4, 0.5) is 0 Å². The van der Waals surface area contributed by atoms with E-state index in [1.54, 1.807) is 50.4 Å². The van der Waals surface area contributed by atoms with Gasteiger partial charge in [-0.3, -0.25) is 4.79 Å². The quantitative estimate of drug-likeness (QED) is 0.892. The summed E-state index contributed by atoms with van der Waals surface area (Å²) in [6, 6.07) is 13.3. The first-order valence-electron chi connectivity index (χ1n) is 8.32. The van der Waals surface area contributed by atoms with Crippen LogP contribution < -0.4 is 14.8 Å². The molecule has 2 aliphatic rings. The van der Waals surface area contributed by atoms with E-state index in [-0.39, 0.29) is 4.90 Å². The Morgan fingerprint density at radius 1 is 1.19 bits per heavy atom. The van der Waals surface area contributed by atoms with E-state index < -0.39 is 32.6 Å². The molecule has 0 aromatic heterocycles. The lowest BCUT2D eigenvalue weighted by Crippen LogP contribution is -2.63. The summed E-state index contributed by atoms with van der Waals surface area (Å²) in [7, 11) is -2.32. The summed E-state index contributed by atoms with van der Waals surface area (Å²) in [5, 5.41) is 1.53. The maximum absolute atomic E-state index is 13.2. The van der Waals surface area contributed by atoms with Crippen LogP contribution in [-0.4, -0.2) is 32.4 Å². The molecule has 2 heterocycles. The van der Waals surface area contributed by atoms with Crippen LogP contribution in [0.5, 0.6) is 11.5 Å². The second-order valence-corrected chi connectivity index (χ2v) is 8.88. The number of amides is 1. The molecule has 1 fully saturated rings. The number of hydrogen-bond acceptors (Lipinski definition) is 5. The van der Waals surface area contributed by atoms with E-state index in [4.69, 9.17) is 9.47 Å². The van der Waals surface area contributed by atoms with Gasteiger partial charge in [-0.2, -0.15) is 0 Å². The van der Waals surface area contributed by atoms with Gasteiger partial charge >= 0.3 is 0 Å². The first-order chi connectivity index (χ1) is 12.3. The van der Waals surface area contributed by atoms with Crippen molar-refractivity contribution >= 4 is 15.7 Å². The molecule has 2 aliphatic heterocycles. The Labute approximate surface area is 152 Å². The van der Waals surface area contributed by atoms with E-state index in [2.05, 4.69) is 5.32 Å². The monoisotopic (exact) mass is 373 g/mol. The minimum atomic E-state index is -3.86. The van der Waals surface area contributed by atoms with Crippen molar-refractivity contribution in [3.8, 4) is 11.5 Å². The van der Waals surface area contributed by atoms with Crippen LogP contribution in [0, 0.1) is 0 Å². The number of carbonyl (C=O) groups is 1. The van der Waals surface area contributed by atoms with Gasteiger partial charge in [0.15, 0.2) is 20.8 Å². The van der Waals surface area contributed by atoms with Crippen LogP contribution in [0.3, 0.4) is 0 Å². The van der Waals surface area contributed by atoms with Crippen LogP contribution in [0.15, 0.2) is 53.4 Å². The number of benzene rings is 2. The molecule has 6 nitrogen and oxygen atoms in total. The molecule has 0 saturated carbocycles. The van der Waals surface area contributed by atoms with E-state index >= 15 is 0 Å². The number of sulfone groups is 1. The maximum atomic E-state index is 13.2. The molecular weight excluding hydrogens is 354 g/mol. The lowest BCUT2D eigenvalue weighted by molar-refractivity contribution is -0.132. The third kappa shape index (κ3) is 2.54. The second kappa shape index (κ2) is 5.74. The Bertz CT molecular complexity index is 973. The van der Waals surface area contributed by atoms with E-state index in [1.165, 1.54) is 12.1 Å². The second-order valence-electron chi connectivity index (χ2n) is 6.82. The molecule has 1 saturated heterocycles. The molecule has 1 amide bonds. The van der Waals surface area contributed by atoms with Crippen molar-refractivity contribution in [2.45, 2.75) is 35.1 Å². The molecule has 136 valence electrons. The third-order valence-electron chi connectivity index (χ3n) is 4.98. The highest BCUT2D eigenvalue weighted by atomic mass is 32.2. The Hall–Kier alpha value is -2.54. The normalized spacial score (nSPS) is 27.1. The summed E-state index contributed by atoms with van der Waals surface area (Å²) >= 11 is 0. The highest BCUT2D eigenvalue weighted by Gasteiger charge is 2.54. The summed E-state index contributed by atoms with van der Waals surface area (Å²) in [6.45, 7) is 1.76. The summed E-state index contributed by atoms with van der Waals surface area (Å²) in [5.41, 5.74) is -0.243. The van der Waals surface area contributed by atoms with Crippen LogP contribution in [0.1, 0.15) is 24.8 Å². The van der Waals surface area contributed by atoms with Crippen molar-refractivity contribution in [2.24, 2.45) is 0 Å². The minimum absolute atomic E-state index is 0.139. The highest BCUT2D eigenvalue weighted by molar-refractivity contribution is 7.92. The van der Waals surface area contributed by atoms with Gasteiger partial charge in [0.2, 0.25) is 5.91 Å². The zero-order valence-corrected chi connectivity index (χ0v) is 15.2. The van der Waals surface area contributed by atoms with E-state index in [0.717, 1.165) is 0 Å². The number of methoxy groups -OCH3 is 1. The summed E-state index contributed by atoms with van der Waals surface area (Å²) in [4.78, 5) is 12.9. The molecule has 2 aromatic carbocycles. The number of rotatable bonds is 3. The Balaban J connectivity index is 1.87. The summed E-state index contributed by atoms with van der Waals surface area (Å²) in [5.74, 6) is 0.106. The van der Waals surface area contributed by atoms with E-state index in [1.807, 2.05) is 0 Å². The summed E-state index contributed by atoms with van der Waals surface area (Å²) in [6.07, 6.45) is 0.371. The first kappa shape index (κ1) is 16.9. The predicted molar refractivity (Wildman–Crippen MR) is 94.9 cm³/mol. The average molecular weight is 373 g/mol. The van der Waals surface area contributed by atoms with E-state index in [0.29, 0.717) is 23.5 Å². The zero-order valence-electron chi connectivity index (χ0n) is 14.4. The van der Waals surface area contributed by atoms with Gasteiger partial charge in [0.1, 0.15) is 11.5 Å². The largest absolute Gasteiger partial charge is 0.497 e. The Kier molecular flexibility index (Phi) is 3.73. The van der Waals surface area contributed by atoms with Crippen molar-refractivity contribution in [3.63, 3.8) is 0 Å². The number of carbonyl (C=O) groups excluding carboxylic acids is 1. The van der Waals surface area contributed by atoms with Gasteiger partial charge in [-0.05, 0) is 37.3 Å². The Morgan fingerprint density at radius 3 is 2.62 bits per heavy atom. The maximum Gasteiger partial charge on any atom is 0.242 e. The van der Waals surface area contributed by atoms with Crippen LogP contribution in [0.25, 0.3) is 0 Å². The number of fused-ring (bicyclic) bond motifs is 4. The van der Waals surface area contributed by atoms with Crippen LogP contribution in [0.2, 0.25) is 0 Å². The number of nitrogens with one attached hydrogen (secondary N) is 1. The molecule has 0 unspecified atom stereocenters. The molecule has 2 bridgehead atoms. The van der Waals surface area contributed by atoms with Crippen molar-refractivity contribution in [1.29, 1.82) is 0 Å². The SMILES string of the molecule is COc1ccc2c(c1)[C@@H]1C[C@@](C)(NC(=O)[C@H]1S(=O)(=O)c1ccccc1)O2. The number of hydrogen-bond donors (Lipinski definition) is 1. The van der Waals surface area contributed by atoms with Crippen molar-refractivity contribution in [1.82, 2.24) is 5.32 Å². The van der Waals surface area contributed by atoms with Gasteiger partial charge in [-0.15, -0.1) is 0 Å². The molecule has 0 spiro atoms. The van der Waals surface area contributed by atoms with Crippen LogP contribution >= 0.6 is 0 Å². The van der Waals surface area contributed by atoms with Gasteiger partial charge in [0, 0.05) is 17.9 Å². The zero-order chi connectivity index (χ0) is 18.5. The lowest BCUT2D eigenvalue weighted by Gasteiger charge is -2.46. The molecule has 4 rings (SSSR count).